The van der Waals surface area contributed by atoms with E-state index in [0.29, 0.717) is 0 Å². The number of thiophene rings is 1. The van der Waals surface area contributed by atoms with Crippen molar-refractivity contribution in [2.75, 3.05) is 0 Å². The van der Waals surface area contributed by atoms with Crippen molar-refractivity contribution in [2.24, 2.45) is 0 Å². The van der Waals surface area contributed by atoms with Crippen LogP contribution in [0.25, 0.3) is 0 Å². The number of nitrogens with zero attached hydrogens (tertiary/aromatic N) is 2. The molecule has 0 radical (unpaired) electrons. The molecule has 2 aromatic rings. The molecular weight excluding hydrogens is 368 g/mol. The smallest absolute Gasteiger partial charge is 0.130 e. The van der Waals surface area contributed by atoms with Gasteiger partial charge in [-0.25, -0.2) is 0 Å². The molecule has 0 aliphatic rings. The second kappa shape index (κ2) is 5.65. The summed E-state index contributed by atoms with van der Waals surface area (Å²) in [5, 5.41) is 14.6. The van der Waals surface area contributed by atoms with Gasteiger partial charge in [0.05, 0.1) is 9.48 Å². The topological polar surface area (TPSA) is 38.0 Å². The Kier molecular flexibility index (Phi) is 4.41. The first-order valence-electron chi connectivity index (χ1n) is 5.28. The monoisotopic (exact) mass is 378 g/mol. The summed E-state index contributed by atoms with van der Waals surface area (Å²) in [6.45, 7) is 2.92. The van der Waals surface area contributed by atoms with E-state index in [-0.39, 0.29) is 0 Å². The number of hydrogen-bond acceptors (Lipinski definition) is 3. The van der Waals surface area contributed by atoms with Crippen molar-refractivity contribution < 1.29 is 5.11 Å². The first kappa shape index (κ1) is 13.3. The Balaban J connectivity index is 2.29. The lowest BCUT2D eigenvalue weighted by Gasteiger charge is -2.11. The van der Waals surface area contributed by atoms with Gasteiger partial charge in [0.1, 0.15) is 6.10 Å². The van der Waals surface area contributed by atoms with Gasteiger partial charge in [0.15, 0.2) is 0 Å². The van der Waals surface area contributed by atoms with Crippen LogP contribution < -0.4 is 0 Å². The van der Waals surface area contributed by atoms with Gasteiger partial charge in [0.2, 0.25) is 0 Å². The van der Waals surface area contributed by atoms with Crippen molar-refractivity contribution in [3.63, 3.8) is 0 Å². The Morgan fingerprint density at radius 1 is 1.53 bits per heavy atom. The molecule has 2 rings (SSSR count). The van der Waals surface area contributed by atoms with Crippen LogP contribution in [0.1, 0.15) is 30.0 Å². The number of halogens is 2. The van der Waals surface area contributed by atoms with Gasteiger partial charge in [-0.05, 0) is 50.4 Å². The van der Waals surface area contributed by atoms with Gasteiger partial charge >= 0.3 is 0 Å². The minimum Gasteiger partial charge on any atom is -0.381 e. The number of hydrogen-bond donors (Lipinski definition) is 1. The van der Waals surface area contributed by atoms with Crippen LogP contribution in [-0.2, 0) is 6.54 Å². The van der Waals surface area contributed by atoms with E-state index in [0.717, 1.165) is 31.8 Å². The van der Waals surface area contributed by atoms with Crippen LogP contribution in [0.5, 0.6) is 0 Å². The largest absolute Gasteiger partial charge is 0.381 e. The molecule has 6 heteroatoms. The average Bonchev–Trinajstić information content (AvgIpc) is 2.87. The minimum atomic E-state index is -0.614. The number of aliphatic hydroxyl groups excluding tert-OH is 1. The molecule has 0 aliphatic carbocycles. The number of aliphatic hydroxyl groups is 1. The number of aryl methyl sites for hydroxylation is 1. The molecule has 1 atom stereocenters. The summed E-state index contributed by atoms with van der Waals surface area (Å²) in [6.07, 6.45) is 2.11. The molecule has 3 nitrogen and oxygen atoms in total. The van der Waals surface area contributed by atoms with Crippen molar-refractivity contribution >= 4 is 43.2 Å². The summed E-state index contributed by atoms with van der Waals surface area (Å²) in [7, 11) is 0. The standard InChI is InChI=1S/C11H12Br2N2OS/c1-2-5-15-8(3-4-14-15)10(16)9-6-7(12)11(13)17-9/h3-4,6,10,16H,2,5H2,1H3. The maximum Gasteiger partial charge on any atom is 0.130 e. The molecule has 0 bridgehead atoms. The molecule has 1 N–H and O–H groups in total. The SMILES string of the molecule is CCCn1nccc1C(O)c1cc(Br)c(Br)s1. The Hall–Kier alpha value is -0.170. The van der Waals surface area contributed by atoms with Crippen molar-refractivity contribution in [2.45, 2.75) is 26.0 Å². The quantitative estimate of drug-likeness (QED) is 0.872. The van der Waals surface area contributed by atoms with Gasteiger partial charge < -0.3 is 5.11 Å². The molecule has 0 saturated carbocycles. The van der Waals surface area contributed by atoms with Crippen LogP contribution in [0.3, 0.4) is 0 Å². The highest BCUT2D eigenvalue weighted by atomic mass is 79.9. The zero-order chi connectivity index (χ0) is 12.4. The van der Waals surface area contributed by atoms with Crippen LogP contribution in [0.4, 0.5) is 0 Å². The molecule has 0 fully saturated rings. The third-order valence-corrected chi connectivity index (χ3v) is 5.71. The van der Waals surface area contributed by atoms with Crippen molar-refractivity contribution in [3.05, 3.63) is 37.2 Å². The molecule has 17 heavy (non-hydrogen) atoms. The molecule has 0 aliphatic heterocycles. The molecular formula is C11H12Br2N2OS. The third kappa shape index (κ3) is 2.81. The maximum atomic E-state index is 10.3. The number of aromatic nitrogens is 2. The van der Waals surface area contributed by atoms with Crippen molar-refractivity contribution in [3.8, 4) is 0 Å². The van der Waals surface area contributed by atoms with E-state index in [1.165, 1.54) is 11.3 Å². The fraction of sp³-hybridized carbons (Fsp3) is 0.364. The summed E-state index contributed by atoms with van der Waals surface area (Å²) in [4.78, 5) is 0.904. The Labute approximate surface area is 121 Å². The predicted octanol–water partition coefficient (Wildman–Crippen LogP) is 3.96. The van der Waals surface area contributed by atoms with Crippen LogP contribution in [0, 0.1) is 0 Å². The van der Waals surface area contributed by atoms with Gasteiger partial charge in [-0.15, -0.1) is 11.3 Å². The van der Waals surface area contributed by atoms with E-state index in [1.54, 1.807) is 6.20 Å². The van der Waals surface area contributed by atoms with E-state index >= 15 is 0 Å². The fourth-order valence-corrected chi connectivity index (χ4v) is 3.71. The Morgan fingerprint density at radius 2 is 2.29 bits per heavy atom. The van der Waals surface area contributed by atoms with E-state index in [9.17, 15) is 5.11 Å². The Bertz CT molecular complexity index is 490. The van der Waals surface area contributed by atoms with Gasteiger partial charge in [-0.1, -0.05) is 6.92 Å². The second-order valence-electron chi connectivity index (χ2n) is 3.65. The minimum absolute atomic E-state index is 0.614. The zero-order valence-electron chi connectivity index (χ0n) is 9.23. The zero-order valence-corrected chi connectivity index (χ0v) is 13.2. The first-order valence-corrected chi connectivity index (χ1v) is 7.68. The van der Waals surface area contributed by atoms with E-state index in [4.69, 9.17) is 0 Å². The second-order valence-corrected chi connectivity index (χ2v) is 6.91. The predicted molar refractivity (Wildman–Crippen MR) is 76.3 cm³/mol. The van der Waals surface area contributed by atoms with Gasteiger partial charge in [0.25, 0.3) is 0 Å². The van der Waals surface area contributed by atoms with Crippen LogP contribution >= 0.6 is 43.2 Å². The lowest BCUT2D eigenvalue weighted by molar-refractivity contribution is 0.211. The number of rotatable bonds is 4. The molecule has 0 aromatic carbocycles. The highest BCUT2D eigenvalue weighted by Crippen LogP contribution is 2.37. The molecule has 0 amide bonds. The van der Waals surface area contributed by atoms with Crippen molar-refractivity contribution in [1.29, 1.82) is 0 Å². The van der Waals surface area contributed by atoms with Crippen LogP contribution in [-0.4, -0.2) is 14.9 Å². The summed E-state index contributed by atoms with van der Waals surface area (Å²) in [6, 6.07) is 3.80. The molecule has 2 heterocycles. The van der Waals surface area contributed by atoms with Gasteiger partial charge in [0, 0.05) is 22.1 Å². The van der Waals surface area contributed by atoms with E-state index < -0.39 is 6.10 Å². The lowest BCUT2D eigenvalue weighted by atomic mass is 10.2. The van der Waals surface area contributed by atoms with Gasteiger partial charge in [-0.3, -0.25) is 4.68 Å². The molecule has 1 unspecified atom stereocenters. The summed E-state index contributed by atoms with van der Waals surface area (Å²) in [5.41, 5.74) is 0.841. The third-order valence-electron chi connectivity index (χ3n) is 2.40. The van der Waals surface area contributed by atoms with Gasteiger partial charge in [-0.2, -0.15) is 5.10 Å². The van der Waals surface area contributed by atoms with Crippen LogP contribution in [0.15, 0.2) is 26.6 Å². The summed E-state index contributed by atoms with van der Waals surface area (Å²) >= 11 is 8.39. The van der Waals surface area contributed by atoms with E-state index in [2.05, 4.69) is 43.9 Å². The summed E-state index contributed by atoms with van der Waals surface area (Å²) in [5.74, 6) is 0. The molecule has 92 valence electrons. The maximum absolute atomic E-state index is 10.3. The lowest BCUT2D eigenvalue weighted by Crippen LogP contribution is -2.09. The molecule has 0 spiro atoms. The summed E-state index contributed by atoms with van der Waals surface area (Å²) < 4.78 is 3.82. The average molecular weight is 380 g/mol. The Morgan fingerprint density at radius 3 is 2.88 bits per heavy atom. The van der Waals surface area contributed by atoms with Crippen molar-refractivity contribution in [1.82, 2.24) is 9.78 Å². The highest BCUT2D eigenvalue weighted by molar-refractivity contribution is 9.13. The fourth-order valence-electron chi connectivity index (χ4n) is 1.62. The van der Waals surface area contributed by atoms with E-state index in [1.807, 2.05) is 16.8 Å². The molecule has 2 aromatic heterocycles. The first-order chi connectivity index (χ1) is 8.13. The molecule has 0 saturated heterocycles. The van der Waals surface area contributed by atoms with Crippen LogP contribution in [0.2, 0.25) is 0 Å². The highest BCUT2D eigenvalue weighted by Gasteiger charge is 2.18. The normalized spacial score (nSPS) is 12.9.